The molecule has 2 aromatic rings. The molecule has 0 heterocycles. The van der Waals surface area contributed by atoms with Crippen molar-refractivity contribution < 1.29 is 4.79 Å². The van der Waals surface area contributed by atoms with Gasteiger partial charge < -0.3 is 5.32 Å². The van der Waals surface area contributed by atoms with Gasteiger partial charge in [0, 0.05) is 11.3 Å². The van der Waals surface area contributed by atoms with Crippen LogP contribution in [-0.4, -0.2) is 5.91 Å². The zero-order valence-electron chi connectivity index (χ0n) is 10.9. The molecule has 0 aromatic heterocycles. The fourth-order valence-corrected chi connectivity index (χ4v) is 1.88. The zero-order chi connectivity index (χ0) is 13.8. The lowest BCUT2D eigenvalue weighted by Gasteiger charge is -2.09. The van der Waals surface area contributed by atoms with E-state index in [4.69, 9.17) is 5.26 Å². The Morgan fingerprint density at radius 1 is 1.16 bits per heavy atom. The Balaban J connectivity index is 2.23. The summed E-state index contributed by atoms with van der Waals surface area (Å²) in [6.07, 6.45) is 0. The molecule has 0 saturated carbocycles. The van der Waals surface area contributed by atoms with Gasteiger partial charge in [-0.3, -0.25) is 4.79 Å². The van der Waals surface area contributed by atoms with E-state index in [1.807, 2.05) is 38.1 Å². The smallest absolute Gasteiger partial charge is 0.255 e. The largest absolute Gasteiger partial charge is 0.322 e. The third-order valence-corrected chi connectivity index (χ3v) is 2.88. The highest BCUT2D eigenvalue weighted by molar-refractivity contribution is 6.04. The fraction of sp³-hybridized carbons (Fsp3) is 0.125. The van der Waals surface area contributed by atoms with Crippen LogP contribution in [-0.2, 0) is 0 Å². The minimum Gasteiger partial charge on any atom is -0.322 e. The molecular formula is C16H14N2O. The van der Waals surface area contributed by atoms with Crippen LogP contribution >= 0.6 is 0 Å². The molecule has 2 aromatic carbocycles. The lowest BCUT2D eigenvalue weighted by atomic mass is 10.1. The topological polar surface area (TPSA) is 52.9 Å². The van der Waals surface area contributed by atoms with Crippen molar-refractivity contribution >= 4 is 11.6 Å². The van der Waals surface area contributed by atoms with Gasteiger partial charge in [-0.05, 0) is 43.7 Å². The molecule has 19 heavy (non-hydrogen) atoms. The first-order valence-corrected chi connectivity index (χ1v) is 5.99. The van der Waals surface area contributed by atoms with E-state index in [1.165, 1.54) is 0 Å². The summed E-state index contributed by atoms with van der Waals surface area (Å²) >= 11 is 0. The highest BCUT2D eigenvalue weighted by atomic mass is 16.1. The standard InChI is InChI=1S/C16H14N2O/c1-11-6-7-15(12(2)8-11)18-16(19)14-5-3-4-13(9-14)10-17/h3-9H,1-2H3,(H,18,19). The Hall–Kier alpha value is -2.60. The van der Waals surface area contributed by atoms with Crippen molar-refractivity contribution in [1.29, 1.82) is 5.26 Å². The second kappa shape index (κ2) is 5.36. The number of nitrogens with one attached hydrogen (secondary N) is 1. The van der Waals surface area contributed by atoms with Crippen LogP contribution in [0.2, 0.25) is 0 Å². The molecular weight excluding hydrogens is 236 g/mol. The van der Waals surface area contributed by atoms with E-state index in [2.05, 4.69) is 5.32 Å². The van der Waals surface area contributed by atoms with E-state index in [1.54, 1.807) is 24.3 Å². The van der Waals surface area contributed by atoms with Gasteiger partial charge in [0.25, 0.3) is 5.91 Å². The summed E-state index contributed by atoms with van der Waals surface area (Å²) in [6, 6.07) is 14.5. The molecule has 0 atom stereocenters. The second-order valence-corrected chi connectivity index (χ2v) is 4.47. The molecule has 0 saturated heterocycles. The van der Waals surface area contributed by atoms with E-state index >= 15 is 0 Å². The van der Waals surface area contributed by atoms with E-state index in [-0.39, 0.29) is 5.91 Å². The average molecular weight is 250 g/mol. The molecule has 0 unspecified atom stereocenters. The number of aryl methyl sites for hydroxylation is 2. The van der Waals surface area contributed by atoms with Crippen molar-refractivity contribution in [1.82, 2.24) is 0 Å². The highest BCUT2D eigenvalue weighted by Gasteiger charge is 2.08. The van der Waals surface area contributed by atoms with Crippen LogP contribution in [0.3, 0.4) is 0 Å². The maximum atomic E-state index is 12.1. The molecule has 2 rings (SSSR count). The lowest BCUT2D eigenvalue weighted by molar-refractivity contribution is 0.102. The third-order valence-electron chi connectivity index (χ3n) is 2.88. The van der Waals surface area contributed by atoms with Crippen LogP contribution in [0.1, 0.15) is 27.0 Å². The summed E-state index contributed by atoms with van der Waals surface area (Å²) in [5.41, 5.74) is 3.93. The number of hydrogen-bond acceptors (Lipinski definition) is 2. The summed E-state index contributed by atoms with van der Waals surface area (Å²) in [6.45, 7) is 3.96. The first-order chi connectivity index (χ1) is 9.10. The van der Waals surface area contributed by atoms with Gasteiger partial charge in [-0.25, -0.2) is 0 Å². The number of rotatable bonds is 2. The number of hydrogen-bond donors (Lipinski definition) is 1. The van der Waals surface area contributed by atoms with Crippen LogP contribution in [0.25, 0.3) is 0 Å². The van der Waals surface area contributed by atoms with Gasteiger partial charge in [0.1, 0.15) is 0 Å². The minimum atomic E-state index is -0.205. The molecule has 0 aliphatic carbocycles. The molecule has 3 nitrogen and oxygen atoms in total. The van der Waals surface area contributed by atoms with E-state index in [0.29, 0.717) is 11.1 Å². The Bertz CT molecular complexity index is 669. The molecule has 1 amide bonds. The maximum absolute atomic E-state index is 12.1. The predicted molar refractivity (Wildman–Crippen MR) is 75.0 cm³/mol. The highest BCUT2D eigenvalue weighted by Crippen LogP contribution is 2.17. The molecule has 94 valence electrons. The van der Waals surface area contributed by atoms with Gasteiger partial charge >= 0.3 is 0 Å². The van der Waals surface area contributed by atoms with Crippen molar-refractivity contribution in [2.75, 3.05) is 5.32 Å². The number of nitriles is 1. The van der Waals surface area contributed by atoms with Crippen molar-refractivity contribution in [3.63, 3.8) is 0 Å². The van der Waals surface area contributed by atoms with Crippen molar-refractivity contribution in [3.05, 3.63) is 64.7 Å². The molecule has 0 radical (unpaired) electrons. The summed E-state index contributed by atoms with van der Waals surface area (Å²) in [5, 5.41) is 11.7. The van der Waals surface area contributed by atoms with Gasteiger partial charge in [0.2, 0.25) is 0 Å². The number of nitrogens with zero attached hydrogens (tertiary/aromatic N) is 1. The van der Waals surface area contributed by atoms with Crippen LogP contribution < -0.4 is 5.32 Å². The molecule has 0 bridgehead atoms. The van der Waals surface area contributed by atoms with E-state index in [0.717, 1.165) is 16.8 Å². The van der Waals surface area contributed by atoms with Crippen LogP contribution in [0.5, 0.6) is 0 Å². The van der Waals surface area contributed by atoms with Crippen molar-refractivity contribution in [2.45, 2.75) is 13.8 Å². The quantitative estimate of drug-likeness (QED) is 0.887. The number of amides is 1. The Morgan fingerprint density at radius 3 is 2.63 bits per heavy atom. The van der Waals surface area contributed by atoms with Gasteiger partial charge in [0.15, 0.2) is 0 Å². The maximum Gasteiger partial charge on any atom is 0.255 e. The third kappa shape index (κ3) is 2.99. The van der Waals surface area contributed by atoms with Crippen molar-refractivity contribution in [2.24, 2.45) is 0 Å². The Morgan fingerprint density at radius 2 is 1.95 bits per heavy atom. The first kappa shape index (κ1) is 12.8. The summed E-state index contributed by atoms with van der Waals surface area (Å²) in [7, 11) is 0. The van der Waals surface area contributed by atoms with Crippen LogP contribution in [0.4, 0.5) is 5.69 Å². The lowest BCUT2D eigenvalue weighted by Crippen LogP contribution is -2.12. The monoisotopic (exact) mass is 250 g/mol. The molecule has 0 aliphatic rings. The Kier molecular flexibility index (Phi) is 3.63. The van der Waals surface area contributed by atoms with Crippen molar-refractivity contribution in [3.8, 4) is 6.07 Å². The average Bonchev–Trinajstić information content (AvgIpc) is 2.42. The molecule has 0 aliphatic heterocycles. The number of carbonyl (C=O) groups is 1. The summed E-state index contributed by atoms with van der Waals surface area (Å²) < 4.78 is 0. The fourth-order valence-electron chi connectivity index (χ4n) is 1.88. The SMILES string of the molecule is Cc1ccc(NC(=O)c2cccc(C#N)c2)c(C)c1. The Labute approximate surface area is 112 Å². The molecule has 0 spiro atoms. The second-order valence-electron chi connectivity index (χ2n) is 4.47. The summed E-state index contributed by atoms with van der Waals surface area (Å²) in [5.74, 6) is -0.205. The van der Waals surface area contributed by atoms with Gasteiger partial charge in [-0.1, -0.05) is 23.8 Å². The normalized spacial score (nSPS) is 9.74. The van der Waals surface area contributed by atoms with E-state index < -0.39 is 0 Å². The number of anilines is 1. The molecule has 0 fully saturated rings. The predicted octanol–water partition coefficient (Wildman–Crippen LogP) is 3.43. The first-order valence-electron chi connectivity index (χ1n) is 5.99. The molecule has 1 N–H and O–H groups in total. The van der Waals surface area contributed by atoms with Gasteiger partial charge in [-0.2, -0.15) is 5.26 Å². The molecule has 3 heteroatoms. The van der Waals surface area contributed by atoms with Crippen LogP contribution in [0, 0.1) is 25.2 Å². The zero-order valence-corrected chi connectivity index (χ0v) is 10.9. The summed E-state index contributed by atoms with van der Waals surface area (Å²) in [4.78, 5) is 12.1. The van der Waals surface area contributed by atoms with E-state index in [9.17, 15) is 4.79 Å². The van der Waals surface area contributed by atoms with Crippen LogP contribution in [0.15, 0.2) is 42.5 Å². The number of benzene rings is 2. The minimum absolute atomic E-state index is 0.205. The van der Waals surface area contributed by atoms with Gasteiger partial charge in [0.05, 0.1) is 11.6 Å². The number of carbonyl (C=O) groups excluding carboxylic acids is 1. The van der Waals surface area contributed by atoms with Gasteiger partial charge in [-0.15, -0.1) is 0 Å².